The van der Waals surface area contributed by atoms with Gasteiger partial charge in [0.2, 0.25) is 0 Å². The van der Waals surface area contributed by atoms with Crippen LogP contribution in [0.4, 0.5) is 0 Å². The number of allylic oxidation sites excluding steroid dienone is 2. The van der Waals surface area contributed by atoms with Crippen LogP contribution < -0.4 is 0 Å². The lowest BCUT2D eigenvalue weighted by Gasteiger charge is -2.37. The first-order valence-corrected chi connectivity index (χ1v) is 12.4. The van der Waals surface area contributed by atoms with E-state index in [0.29, 0.717) is 17.4 Å². The third-order valence-electron chi connectivity index (χ3n) is 7.95. The molecule has 178 valence electrons. The minimum absolute atomic E-state index is 0.00572. The number of amides is 3. The number of aryl methyl sites for hydroxylation is 1. The molecular formula is C27H22Cl2N2O4. The number of rotatable bonds is 5. The van der Waals surface area contributed by atoms with Crippen molar-refractivity contribution in [3.63, 3.8) is 0 Å². The molecule has 2 aromatic rings. The predicted octanol–water partition coefficient (Wildman–Crippen LogP) is 4.60. The second-order valence-corrected chi connectivity index (χ2v) is 10.7. The monoisotopic (exact) mass is 508 g/mol. The molecule has 1 saturated heterocycles. The Balaban J connectivity index is 1.37. The third-order valence-corrected chi connectivity index (χ3v) is 8.69. The standard InChI is InChI=1S/C27H22Cl2N2O4/c1-13-2-4-14(5-3-13)22(32)12-30(25(33)15-6-9-20(28)21(29)10-15)31-26(34)23-16-7-8-17(19-11-18(16)19)24(23)27(31)35/h2-10,16-19,23-24H,11-12H2,1H3/t16-,17-,18-,19+,23-,24-/m1/s1. The summed E-state index contributed by atoms with van der Waals surface area (Å²) >= 11 is 12.2. The summed E-state index contributed by atoms with van der Waals surface area (Å²) < 4.78 is 0. The van der Waals surface area contributed by atoms with Gasteiger partial charge in [0, 0.05) is 11.1 Å². The quantitative estimate of drug-likeness (QED) is 0.336. The number of hydrogen-bond acceptors (Lipinski definition) is 4. The van der Waals surface area contributed by atoms with Crippen molar-refractivity contribution < 1.29 is 19.2 Å². The van der Waals surface area contributed by atoms with E-state index in [1.54, 1.807) is 24.3 Å². The molecule has 0 radical (unpaired) electrons. The number of carbonyl (C=O) groups excluding carboxylic acids is 4. The van der Waals surface area contributed by atoms with Crippen LogP contribution in [0, 0.1) is 42.4 Å². The zero-order valence-corrected chi connectivity index (χ0v) is 20.4. The lowest BCUT2D eigenvalue weighted by atomic mass is 9.63. The molecule has 1 aliphatic heterocycles. The van der Waals surface area contributed by atoms with Gasteiger partial charge in [-0.2, -0.15) is 5.01 Å². The summed E-state index contributed by atoms with van der Waals surface area (Å²) in [6.07, 6.45) is 5.17. The maximum absolute atomic E-state index is 13.7. The first-order chi connectivity index (χ1) is 16.8. The molecule has 1 heterocycles. The molecule has 3 fully saturated rings. The first-order valence-electron chi connectivity index (χ1n) is 11.7. The highest BCUT2D eigenvalue weighted by atomic mass is 35.5. The number of hydrazine groups is 1. The van der Waals surface area contributed by atoms with Crippen LogP contribution in [0.3, 0.4) is 0 Å². The molecule has 4 aliphatic carbocycles. The first kappa shape index (κ1) is 22.5. The van der Waals surface area contributed by atoms with E-state index in [-0.39, 0.29) is 33.2 Å². The Morgan fingerprint density at radius 3 is 2.03 bits per heavy atom. The molecule has 0 N–H and O–H groups in total. The van der Waals surface area contributed by atoms with Crippen molar-refractivity contribution in [3.05, 3.63) is 81.4 Å². The minimum atomic E-state index is -0.658. The Morgan fingerprint density at radius 2 is 1.46 bits per heavy atom. The van der Waals surface area contributed by atoms with Gasteiger partial charge in [0.25, 0.3) is 17.7 Å². The molecule has 3 amide bonds. The number of benzene rings is 2. The van der Waals surface area contributed by atoms with Crippen molar-refractivity contribution in [3.8, 4) is 0 Å². The molecular weight excluding hydrogens is 487 g/mol. The molecule has 35 heavy (non-hydrogen) atoms. The van der Waals surface area contributed by atoms with Crippen LogP contribution >= 0.6 is 23.2 Å². The number of hydrogen-bond donors (Lipinski definition) is 0. The molecule has 2 saturated carbocycles. The van der Waals surface area contributed by atoms with Gasteiger partial charge in [0.1, 0.15) is 6.54 Å². The van der Waals surface area contributed by atoms with Gasteiger partial charge < -0.3 is 0 Å². The summed E-state index contributed by atoms with van der Waals surface area (Å²) in [5.41, 5.74) is 1.51. The largest absolute Gasteiger partial charge is 0.292 e. The number of nitrogens with zero attached hydrogens (tertiary/aromatic N) is 2. The number of carbonyl (C=O) groups is 4. The Kier molecular flexibility index (Phi) is 5.17. The molecule has 0 spiro atoms. The predicted molar refractivity (Wildman–Crippen MR) is 130 cm³/mol. The van der Waals surface area contributed by atoms with Crippen molar-refractivity contribution in [2.75, 3.05) is 6.54 Å². The van der Waals surface area contributed by atoms with E-state index in [4.69, 9.17) is 23.2 Å². The lowest BCUT2D eigenvalue weighted by molar-refractivity contribution is -0.154. The van der Waals surface area contributed by atoms with Crippen molar-refractivity contribution in [2.45, 2.75) is 13.3 Å². The highest BCUT2D eigenvalue weighted by molar-refractivity contribution is 6.42. The summed E-state index contributed by atoms with van der Waals surface area (Å²) in [5, 5.41) is 2.36. The Hall–Kier alpha value is -2.96. The third kappa shape index (κ3) is 3.46. The fraction of sp³-hybridized carbons (Fsp3) is 0.333. The Bertz CT molecular complexity index is 1280. The number of Topliss-reactive ketones (excluding diaryl/α,β-unsaturated/α-hetero) is 1. The van der Waals surface area contributed by atoms with Crippen LogP contribution in [0.5, 0.6) is 0 Å². The fourth-order valence-electron chi connectivity index (χ4n) is 6.16. The minimum Gasteiger partial charge on any atom is -0.292 e. The average molecular weight is 509 g/mol. The van der Waals surface area contributed by atoms with E-state index in [9.17, 15) is 19.2 Å². The van der Waals surface area contributed by atoms with Crippen LogP contribution in [-0.2, 0) is 9.59 Å². The van der Waals surface area contributed by atoms with Crippen LogP contribution in [0.25, 0.3) is 0 Å². The van der Waals surface area contributed by atoms with Gasteiger partial charge in [-0.1, -0.05) is 65.2 Å². The average Bonchev–Trinajstić information content (AvgIpc) is 3.63. The second-order valence-electron chi connectivity index (χ2n) is 9.92. The van der Waals surface area contributed by atoms with E-state index >= 15 is 0 Å². The van der Waals surface area contributed by atoms with Gasteiger partial charge in [-0.15, -0.1) is 0 Å². The van der Waals surface area contributed by atoms with E-state index in [0.717, 1.165) is 22.0 Å². The van der Waals surface area contributed by atoms with Gasteiger partial charge in [-0.25, -0.2) is 5.01 Å². The van der Waals surface area contributed by atoms with E-state index in [2.05, 4.69) is 12.2 Å². The van der Waals surface area contributed by atoms with E-state index < -0.39 is 36.1 Å². The summed E-state index contributed by atoms with van der Waals surface area (Å²) in [5.74, 6) is -1.96. The van der Waals surface area contributed by atoms with Crippen molar-refractivity contribution in [1.82, 2.24) is 10.0 Å². The Labute approximate surface area is 212 Å². The summed E-state index contributed by atoms with van der Waals surface area (Å²) in [4.78, 5) is 54.2. The Morgan fingerprint density at radius 1 is 0.886 bits per heavy atom. The van der Waals surface area contributed by atoms with Gasteiger partial charge in [-0.05, 0) is 55.2 Å². The normalized spacial score (nSPS) is 29.7. The zero-order valence-electron chi connectivity index (χ0n) is 18.9. The van der Waals surface area contributed by atoms with Crippen molar-refractivity contribution in [1.29, 1.82) is 0 Å². The SMILES string of the molecule is Cc1ccc(C(=O)CN(C(=O)c2ccc(Cl)c(Cl)c2)N2C(=O)[C@@H]3[C@@H]4C=C[C@H]([C@@H]5C[C@H]45)[C@H]3C2=O)cc1. The highest BCUT2D eigenvalue weighted by Crippen LogP contribution is 2.65. The van der Waals surface area contributed by atoms with E-state index in [1.807, 2.05) is 6.92 Å². The van der Waals surface area contributed by atoms with Crippen LogP contribution in [0.15, 0.2) is 54.6 Å². The molecule has 6 nitrogen and oxygen atoms in total. The van der Waals surface area contributed by atoms with Gasteiger partial charge in [0.15, 0.2) is 5.78 Å². The van der Waals surface area contributed by atoms with Crippen molar-refractivity contribution in [2.24, 2.45) is 35.5 Å². The zero-order chi connectivity index (χ0) is 24.6. The molecule has 5 aliphatic rings. The molecule has 0 aromatic heterocycles. The molecule has 6 atom stereocenters. The summed E-state index contributed by atoms with van der Waals surface area (Å²) in [6.45, 7) is 1.46. The van der Waals surface area contributed by atoms with Crippen LogP contribution in [-0.4, -0.2) is 40.1 Å². The highest BCUT2D eigenvalue weighted by Gasteiger charge is 2.68. The number of imide groups is 1. The summed E-state index contributed by atoms with van der Waals surface area (Å²) in [6, 6.07) is 11.3. The van der Waals surface area contributed by atoms with Crippen LogP contribution in [0.2, 0.25) is 10.0 Å². The van der Waals surface area contributed by atoms with Gasteiger partial charge in [-0.3, -0.25) is 19.2 Å². The van der Waals surface area contributed by atoms with Crippen LogP contribution in [0.1, 0.15) is 32.7 Å². The molecule has 2 aromatic carbocycles. The molecule has 8 heteroatoms. The number of ketones is 1. The number of halogens is 2. The topological polar surface area (TPSA) is 74.8 Å². The van der Waals surface area contributed by atoms with E-state index in [1.165, 1.54) is 18.2 Å². The van der Waals surface area contributed by atoms with Gasteiger partial charge in [0.05, 0.1) is 21.9 Å². The molecule has 0 unspecified atom stereocenters. The maximum Gasteiger partial charge on any atom is 0.273 e. The molecule has 2 bridgehead atoms. The molecule has 7 rings (SSSR count). The van der Waals surface area contributed by atoms with Gasteiger partial charge >= 0.3 is 0 Å². The second kappa shape index (κ2) is 8.04. The summed E-state index contributed by atoms with van der Waals surface area (Å²) in [7, 11) is 0. The maximum atomic E-state index is 13.7. The fourth-order valence-corrected chi connectivity index (χ4v) is 6.46. The lowest BCUT2D eigenvalue weighted by Crippen LogP contribution is -2.52. The van der Waals surface area contributed by atoms with Crippen molar-refractivity contribution >= 4 is 46.7 Å². The smallest absolute Gasteiger partial charge is 0.273 e.